The number of nitrogens with two attached hydrogens (primary N) is 1. The normalized spacial score (nSPS) is 21.3. The summed E-state index contributed by atoms with van der Waals surface area (Å²) < 4.78 is 10.3. The predicted molar refractivity (Wildman–Crippen MR) is 56.4 cm³/mol. The third-order valence-corrected chi connectivity index (χ3v) is 2.34. The highest BCUT2D eigenvalue weighted by atomic mass is 16.5. The molecule has 15 heavy (non-hydrogen) atoms. The first-order chi connectivity index (χ1) is 7.33. The Labute approximate surface area is 90.3 Å². The summed E-state index contributed by atoms with van der Waals surface area (Å²) in [5.74, 6) is 0.381. The number of amides is 1. The van der Waals surface area contributed by atoms with Gasteiger partial charge in [0, 0.05) is 19.7 Å². The summed E-state index contributed by atoms with van der Waals surface area (Å²) in [6, 6.07) is 0. The summed E-state index contributed by atoms with van der Waals surface area (Å²) in [5, 5.41) is 2.83. The third-order valence-electron chi connectivity index (χ3n) is 2.34. The maximum atomic E-state index is 11.2. The van der Waals surface area contributed by atoms with Crippen LogP contribution in [0.1, 0.15) is 12.8 Å². The molecule has 3 N–H and O–H groups in total. The molecule has 1 fully saturated rings. The maximum absolute atomic E-state index is 11.2. The van der Waals surface area contributed by atoms with Crippen LogP contribution in [0.5, 0.6) is 0 Å². The number of ether oxygens (including phenoxy) is 2. The number of rotatable bonds is 6. The van der Waals surface area contributed by atoms with E-state index in [9.17, 15) is 4.79 Å². The Bertz CT molecular complexity index is 182. The molecule has 88 valence electrons. The fraction of sp³-hybridized carbons (Fsp3) is 0.900. The molecule has 1 aliphatic rings. The molecule has 0 radical (unpaired) electrons. The molecule has 0 aromatic rings. The van der Waals surface area contributed by atoms with Crippen LogP contribution in [0.2, 0.25) is 0 Å². The van der Waals surface area contributed by atoms with Gasteiger partial charge in [0.2, 0.25) is 5.91 Å². The maximum Gasteiger partial charge on any atom is 0.246 e. The zero-order valence-corrected chi connectivity index (χ0v) is 9.04. The van der Waals surface area contributed by atoms with E-state index in [0.29, 0.717) is 25.6 Å². The van der Waals surface area contributed by atoms with E-state index in [0.717, 1.165) is 26.1 Å². The first-order valence-corrected chi connectivity index (χ1v) is 5.45. The monoisotopic (exact) mass is 216 g/mol. The van der Waals surface area contributed by atoms with Crippen molar-refractivity contribution in [3.8, 4) is 0 Å². The highest BCUT2D eigenvalue weighted by Crippen LogP contribution is 2.11. The third kappa shape index (κ3) is 5.71. The van der Waals surface area contributed by atoms with Gasteiger partial charge in [0.1, 0.15) is 6.61 Å². The van der Waals surface area contributed by atoms with Crippen molar-refractivity contribution in [1.29, 1.82) is 0 Å². The Balaban J connectivity index is 2.00. The molecule has 0 aromatic heterocycles. The quantitative estimate of drug-likeness (QED) is 0.587. The molecule has 5 heteroatoms. The minimum absolute atomic E-state index is 0.0750. The van der Waals surface area contributed by atoms with Crippen LogP contribution in [0.25, 0.3) is 0 Å². The minimum Gasteiger partial charge on any atom is -0.381 e. The van der Waals surface area contributed by atoms with Crippen molar-refractivity contribution in [1.82, 2.24) is 5.32 Å². The lowest BCUT2D eigenvalue weighted by Crippen LogP contribution is -2.35. The molecule has 1 aliphatic heterocycles. The highest BCUT2D eigenvalue weighted by molar-refractivity contribution is 5.77. The second-order valence-electron chi connectivity index (χ2n) is 3.73. The largest absolute Gasteiger partial charge is 0.381 e. The summed E-state index contributed by atoms with van der Waals surface area (Å²) >= 11 is 0. The van der Waals surface area contributed by atoms with Crippen LogP contribution in [0.15, 0.2) is 0 Å². The number of carbonyl (C=O) groups is 1. The van der Waals surface area contributed by atoms with Crippen molar-refractivity contribution >= 4 is 5.91 Å². The molecule has 5 nitrogen and oxygen atoms in total. The lowest BCUT2D eigenvalue weighted by molar-refractivity contribution is -0.126. The number of hydrogen-bond donors (Lipinski definition) is 2. The van der Waals surface area contributed by atoms with E-state index in [2.05, 4.69) is 5.32 Å². The van der Waals surface area contributed by atoms with Crippen LogP contribution in [-0.2, 0) is 14.3 Å². The highest BCUT2D eigenvalue weighted by Gasteiger charge is 2.14. The molecule has 1 rings (SSSR count). The van der Waals surface area contributed by atoms with E-state index < -0.39 is 0 Å². The van der Waals surface area contributed by atoms with E-state index in [1.165, 1.54) is 0 Å². The average Bonchev–Trinajstić information content (AvgIpc) is 2.28. The zero-order chi connectivity index (χ0) is 10.9. The summed E-state index contributed by atoms with van der Waals surface area (Å²) in [6.45, 7) is 3.27. The molecule has 1 atom stereocenters. The summed E-state index contributed by atoms with van der Waals surface area (Å²) in [4.78, 5) is 11.2. The van der Waals surface area contributed by atoms with Crippen LogP contribution in [0, 0.1) is 5.92 Å². The Morgan fingerprint density at radius 1 is 1.60 bits per heavy atom. The molecule has 1 unspecified atom stereocenters. The van der Waals surface area contributed by atoms with Gasteiger partial charge in [0.15, 0.2) is 0 Å². The second-order valence-corrected chi connectivity index (χ2v) is 3.73. The van der Waals surface area contributed by atoms with E-state index in [1.54, 1.807) is 0 Å². The van der Waals surface area contributed by atoms with Crippen molar-refractivity contribution < 1.29 is 14.3 Å². The van der Waals surface area contributed by atoms with E-state index in [1.807, 2.05) is 0 Å². The van der Waals surface area contributed by atoms with Crippen molar-refractivity contribution in [3.63, 3.8) is 0 Å². The Morgan fingerprint density at radius 2 is 2.47 bits per heavy atom. The molecule has 1 amide bonds. The molecule has 0 aromatic carbocycles. The number of nitrogens with one attached hydrogen (secondary N) is 1. The predicted octanol–water partition coefficient (Wildman–Crippen LogP) is -0.495. The SMILES string of the molecule is NCCOCC(=O)NCC1CCCOC1. The average molecular weight is 216 g/mol. The van der Waals surface area contributed by atoms with Crippen LogP contribution in [-0.4, -0.2) is 45.4 Å². The molecule has 1 saturated heterocycles. The molecular weight excluding hydrogens is 196 g/mol. The van der Waals surface area contributed by atoms with Gasteiger partial charge in [-0.15, -0.1) is 0 Å². The molecular formula is C10H20N2O3. The fourth-order valence-corrected chi connectivity index (χ4v) is 1.53. The van der Waals surface area contributed by atoms with Crippen molar-refractivity contribution in [2.24, 2.45) is 11.7 Å². The molecule has 0 spiro atoms. The molecule has 0 saturated carbocycles. The summed E-state index contributed by atoms with van der Waals surface area (Å²) in [6.07, 6.45) is 2.22. The smallest absolute Gasteiger partial charge is 0.246 e. The van der Waals surface area contributed by atoms with Crippen LogP contribution in [0.3, 0.4) is 0 Å². The summed E-state index contributed by atoms with van der Waals surface area (Å²) in [5.41, 5.74) is 5.23. The standard InChI is InChI=1S/C10H20N2O3/c11-3-5-15-8-10(13)12-6-9-2-1-4-14-7-9/h9H,1-8,11H2,(H,12,13). The Morgan fingerprint density at radius 3 is 3.13 bits per heavy atom. The summed E-state index contributed by atoms with van der Waals surface area (Å²) in [7, 11) is 0. The van der Waals surface area contributed by atoms with Crippen LogP contribution < -0.4 is 11.1 Å². The number of hydrogen-bond acceptors (Lipinski definition) is 4. The first kappa shape index (κ1) is 12.4. The van der Waals surface area contributed by atoms with Gasteiger partial charge in [-0.1, -0.05) is 0 Å². The lowest BCUT2D eigenvalue weighted by atomic mass is 10.0. The van der Waals surface area contributed by atoms with E-state index in [4.69, 9.17) is 15.2 Å². The molecule has 0 aliphatic carbocycles. The van der Waals surface area contributed by atoms with Gasteiger partial charge >= 0.3 is 0 Å². The molecule has 0 bridgehead atoms. The Kier molecular flexibility index (Phi) is 6.31. The fourth-order valence-electron chi connectivity index (χ4n) is 1.53. The van der Waals surface area contributed by atoms with Crippen molar-refractivity contribution in [2.45, 2.75) is 12.8 Å². The van der Waals surface area contributed by atoms with Gasteiger partial charge < -0.3 is 20.5 Å². The van der Waals surface area contributed by atoms with Gasteiger partial charge in [-0.25, -0.2) is 0 Å². The van der Waals surface area contributed by atoms with Crippen molar-refractivity contribution in [2.75, 3.05) is 39.5 Å². The first-order valence-electron chi connectivity index (χ1n) is 5.45. The van der Waals surface area contributed by atoms with Gasteiger partial charge in [-0.05, 0) is 18.8 Å². The van der Waals surface area contributed by atoms with Gasteiger partial charge in [0.25, 0.3) is 0 Å². The lowest BCUT2D eigenvalue weighted by Gasteiger charge is -2.22. The van der Waals surface area contributed by atoms with Crippen LogP contribution >= 0.6 is 0 Å². The van der Waals surface area contributed by atoms with E-state index in [-0.39, 0.29) is 12.5 Å². The van der Waals surface area contributed by atoms with Gasteiger partial charge in [0.05, 0.1) is 13.2 Å². The second kappa shape index (κ2) is 7.62. The topological polar surface area (TPSA) is 73.6 Å². The van der Waals surface area contributed by atoms with Gasteiger partial charge in [-0.3, -0.25) is 4.79 Å². The zero-order valence-electron chi connectivity index (χ0n) is 9.04. The van der Waals surface area contributed by atoms with Crippen LogP contribution in [0.4, 0.5) is 0 Å². The van der Waals surface area contributed by atoms with E-state index >= 15 is 0 Å². The number of carbonyl (C=O) groups excluding carboxylic acids is 1. The van der Waals surface area contributed by atoms with Crippen molar-refractivity contribution in [3.05, 3.63) is 0 Å². The molecule has 1 heterocycles. The minimum atomic E-state index is -0.0750. The Hall–Kier alpha value is -0.650. The van der Waals surface area contributed by atoms with Gasteiger partial charge in [-0.2, -0.15) is 0 Å².